The molecule has 3 atom stereocenters. The van der Waals surface area contributed by atoms with Crippen molar-refractivity contribution in [1.29, 1.82) is 0 Å². The summed E-state index contributed by atoms with van der Waals surface area (Å²) in [7, 11) is 0. The van der Waals surface area contributed by atoms with Crippen LogP contribution in [0.3, 0.4) is 0 Å². The fourth-order valence-electron chi connectivity index (χ4n) is 2.76. The Kier molecular flexibility index (Phi) is 6.26. The molecule has 3 unspecified atom stereocenters. The summed E-state index contributed by atoms with van der Waals surface area (Å²) >= 11 is 0. The first-order chi connectivity index (χ1) is 9.40. The average molecular weight is 285 g/mol. The van der Waals surface area contributed by atoms with Gasteiger partial charge >= 0.3 is 12.0 Å². The summed E-state index contributed by atoms with van der Waals surface area (Å²) in [5.74, 6) is -1.26. The van der Waals surface area contributed by atoms with Gasteiger partial charge in [-0.2, -0.15) is 0 Å². The summed E-state index contributed by atoms with van der Waals surface area (Å²) in [6.07, 6.45) is 0.536. The van der Waals surface area contributed by atoms with Crippen molar-refractivity contribution in [3.63, 3.8) is 0 Å². The highest BCUT2D eigenvalue weighted by Crippen LogP contribution is 2.24. The number of nitrogens with one attached hydrogen (secondary N) is 1. The number of likely N-dealkylation sites (tertiary alicyclic amines) is 1. The van der Waals surface area contributed by atoms with Crippen LogP contribution in [0, 0.1) is 5.92 Å². The average Bonchev–Trinajstić information content (AvgIpc) is 2.77. The summed E-state index contributed by atoms with van der Waals surface area (Å²) in [6, 6.07) is -0.340. The molecular formula is C14H27N3O3. The van der Waals surface area contributed by atoms with E-state index in [1.54, 1.807) is 11.8 Å². The predicted octanol–water partition coefficient (Wildman–Crippen LogP) is 1.22. The van der Waals surface area contributed by atoms with Crippen LogP contribution in [-0.4, -0.2) is 65.2 Å². The second-order valence-electron chi connectivity index (χ2n) is 5.50. The van der Waals surface area contributed by atoms with Crippen LogP contribution < -0.4 is 5.32 Å². The quantitative estimate of drug-likeness (QED) is 0.769. The van der Waals surface area contributed by atoms with E-state index in [-0.39, 0.29) is 18.1 Å². The van der Waals surface area contributed by atoms with E-state index in [4.69, 9.17) is 5.11 Å². The molecule has 0 bridgehead atoms. The maximum absolute atomic E-state index is 12.2. The Morgan fingerprint density at radius 2 is 2.00 bits per heavy atom. The number of carbonyl (C=O) groups excluding carboxylic acids is 1. The van der Waals surface area contributed by atoms with Crippen LogP contribution in [0.5, 0.6) is 0 Å². The van der Waals surface area contributed by atoms with Crippen molar-refractivity contribution in [1.82, 2.24) is 15.1 Å². The Morgan fingerprint density at radius 1 is 1.40 bits per heavy atom. The van der Waals surface area contributed by atoms with Crippen molar-refractivity contribution in [2.75, 3.05) is 26.2 Å². The molecule has 0 aromatic heterocycles. The topological polar surface area (TPSA) is 72.9 Å². The Balaban J connectivity index is 2.49. The van der Waals surface area contributed by atoms with E-state index in [0.29, 0.717) is 13.0 Å². The van der Waals surface area contributed by atoms with Crippen LogP contribution in [-0.2, 0) is 4.79 Å². The zero-order valence-electron chi connectivity index (χ0n) is 12.9. The number of hydrogen-bond acceptors (Lipinski definition) is 3. The number of urea groups is 1. The lowest BCUT2D eigenvalue weighted by Crippen LogP contribution is -2.49. The minimum absolute atomic E-state index is 0.0541. The van der Waals surface area contributed by atoms with Gasteiger partial charge in [0.1, 0.15) is 0 Å². The minimum atomic E-state index is -0.816. The first kappa shape index (κ1) is 16.8. The summed E-state index contributed by atoms with van der Waals surface area (Å²) in [6.45, 7) is 11.2. The van der Waals surface area contributed by atoms with Crippen molar-refractivity contribution < 1.29 is 14.7 Å². The molecule has 2 amide bonds. The lowest BCUT2D eigenvalue weighted by Gasteiger charge is -2.28. The molecule has 1 aliphatic heterocycles. The Bertz CT molecular complexity index is 345. The Morgan fingerprint density at radius 3 is 2.45 bits per heavy atom. The lowest BCUT2D eigenvalue weighted by molar-refractivity contribution is -0.142. The summed E-state index contributed by atoms with van der Waals surface area (Å²) in [5.41, 5.74) is 0. The van der Waals surface area contributed by atoms with Crippen molar-refractivity contribution in [2.24, 2.45) is 5.92 Å². The molecule has 1 heterocycles. The van der Waals surface area contributed by atoms with Gasteiger partial charge in [0, 0.05) is 25.2 Å². The molecule has 0 spiro atoms. The number of hydrogen-bond donors (Lipinski definition) is 2. The largest absolute Gasteiger partial charge is 0.481 e. The van der Waals surface area contributed by atoms with Gasteiger partial charge in [0.25, 0.3) is 0 Å². The third-order valence-electron chi connectivity index (χ3n) is 4.13. The van der Waals surface area contributed by atoms with Gasteiger partial charge in [-0.25, -0.2) is 4.79 Å². The van der Waals surface area contributed by atoms with Gasteiger partial charge in [-0.15, -0.1) is 0 Å². The normalized spacial score (nSPS) is 23.9. The van der Waals surface area contributed by atoms with Crippen LogP contribution in [0.15, 0.2) is 0 Å². The van der Waals surface area contributed by atoms with Crippen molar-refractivity contribution in [2.45, 2.75) is 46.2 Å². The molecule has 1 aliphatic rings. The van der Waals surface area contributed by atoms with Gasteiger partial charge in [-0.05, 0) is 33.4 Å². The Labute approximate surface area is 121 Å². The summed E-state index contributed by atoms with van der Waals surface area (Å²) in [5, 5.41) is 12.0. The molecule has 0 aromatic carbocycles. The summed E-state index contributed by atoms with van der Waals surface area (Å²) in [4.78, 5) is 27.1. The van der Waals surface area contributed by atoms with E-state index in [1.165, 1.54) is 0 Å². The van der Waals surface area contributed by atoms with Gasteiger partial charge in [0.15, 0.2) is 0 Å². The first-order valence-corrected chi connectivity index (χ1v) is 7.42. The van der Waals surface area contributed by atoms with Crippen LogP contribution in [0.4, 0.5) is 4.79 Å². The molecule has 0 aliphatic carbocycles. The summed E-state index contributed by atoms with van der Waals surface area (Å²) < 4.78 is 0. The SMILES string of the molecule is CCN(CC)CC(C)NC(=O)N1CCC(C(=O)O)C1C. The molecule has 20 heavy (non-hydrogen) atoms. The number of amides is 2. The van der Waals surface area contributed by atoms with Crippen molar-refractivity contribution >= 4 is 12.0 Å². The highest BCUT2D eigenvalue weighted by molar-refractivity contribution is 5.78. The molecule has 6 nitrogen and oxygen atoms in total. The third-order valence-corrected chi connectivity index (χ3v) is 4.13. The molecule has 0 radical (unpaired) electrons. The van der Waals surface area contributed by atoms with Gasteiger partial charge in [0.05, 0.1) is 5.92 Å². The molecule has 2 N–H and O–H groups in total. The molecule has 0 aromatic rings. The highest BCUT2D eigenvalue weighted by Gasteiger charge is 2.38. The minimum Gasteiger partial charge on any atom is -0.481 e. The molecule has 1 fully saturated rings. The van der Waals surface area contributed by atoms with Crippen LogP contribution >= 0.6 is 0 Å². The van der Waals surface area contributed by atoms with E-state index >= 15 is 0 Å². The van der Waals surface area contributed by atoms with Crippen LogP contribution in [0.1, 0.15) is 34.1 Å². The lowest BCUT2D eigenvalue weighted by atomic mass is 10.0. The monoisotopic (exact) mass is 285 g/mol. The van der Waals surface area contributed by atoms with Gasteiger partial charge in [-0.1, -0.05) is 13.8 Å². The number of rotatable bonds is 6. The van der Waals surface area contributed by atoms with Crippen molar-refractivity contribution in [3.05, 3.63) is 0 Å². The smallest absolute Gasteiger partial charge is 0.317 e. The van der Waals surface area contributed by atoms with Gasteiger partial charge in [-0.3, -0.25) is 4.79 Å². The van der Waals surface area contributed by atoms with E-state index in [2.05, 4.69) is 24.1 Å². The molecule has 116 valence electrons. The third kappa shape index (κ3) is 4.10. The zero-order chi connectivity index (χ0) is 15.3. The van der Waals surface area contributed by atoms with E-state index in [9.17, 15) is 9.59 Å². The maximum Gasteiger partial charge on any atom is 0.317 e. The van der Waals surface area contributed by atoms with Gasteiger partial charge < -0.3 is 20.2 Å². The predicted molar refractivity (Wildman–Crippen MR) is 77.7 cm³/mol. The van der Waals surface area contributed by atoms with Crippen molar-refractivity contribution in [3.8, 4) is 0 Å². The molecule has 0 saturated carbocycles. The standard InChI is InChI=1S/C14H27N3O3/c1-5-16(6-2)9-10(3)15-14(20)17-8-7-12(11(17)4)13(18)19/h10-12H,5-9H2,1-4H3,(H,15,20)(H,18,19). The Hall–Kier alpha value is -1.30. The van der Waals surface area contributed by atoms with Gasteiger partial charge in [0.2, 0.25) is 0 Å². The number of carboxylic acids is 1. The van der Waals surface area contributed by atoms with Crippen LogP contribution in [0.2, 0.25) is 0 Å². The number of aliphatic carboxylic acids is 1. The van der Waals surface area contributed by atoms with E-state index in [1.807, 2.05) is 6.92 Å². The van der Waals surface area contributed by atoms with E-state index < -0.39 is 11.9 Å². The molecule has 1 saturated heterocycles. The second kappa shape index (κ2) is 7.47. The second-order valence-corrected chi connectivity index (χ2v) is 5.50. The zero-order valence-corrected chi connectivity index (χ0v) is 12.9. The maximum atomic E-state index is 12.2. The fraction of sp³-hybridized carbons (Fsp3) is 0.857. The molecule has 6 heteroatoms. The number of nitrogens with zero attached hydrogens (tertiary/aromatic N) is 2. The number of carboxylic acid groups (broad SMARTS) is 1. The number of carbonyl (C=O) groups is 2. The number of likely N-dealkylation sites (N-methyl/N-ethyl adjacent to an activating group) is 1. The molecule has 1 rings (SSSR count). The molecular weight excluding hydrogens is 258 g/mol. The van der Waals surface area contributed by atoms with E-state index in [0.717, 1.165) is 19.6 Å². The fourth-order valence-corrected chi connectivity index (χ4v) is 2.76. The van der Waals surface area contributed by atoms with Crippen LogP contribution in [0.25, 0.3) is 0 Å². The highest BCUT2D eigenvalue weighted by atomic mass is 16.4. The first-order valence-electron chi connectivity index (χ1n) is 7.42.